The monoisotopic (exact) mass is 604 g/mol. The number of fused-ring (bicyclic) bond motifs is 1. The van der Waals surface area contributed by atoms with Crippen molar-refractivity contribution in [1.82, 2.24) is 5.32 Å². The molecule has 0 saturated carbocycles. The molecule has 2 amide bonds. The molecule has 2 unspecified atom stereocenters. The number of para-hydroxylation sites is 1. The van der Waals surface area contributed by atoms with Crippen LogP contribution in [-0.4, -0.2) is 29.1 Å². The van der Waals surface area contributed by atoms with Crippen LogP contribution < -0.4 is 19.7 Å². The molecular weight excluding hydrogens is 564 g/mol. The number of anilines is 1. The lowest BCUT2D eigenvalue weighted by Gasteiger charge is -2.41. The molecule has 45 heavy (non-hydrogen) atoms. The highest BCUT2D eigenvalue weighted by molar-refractivity contribution is 6.05. The topological polar surface area (TPSA) is 88.1 Å². The fraction of sp³-hybridized carbons (Fsp3) is 0.263. The van der Waals surface area contributed by atoms with E-state index in [0.29, 0.717) is 48.7 Å². The van der Waals surface area contributed by atoms with Crippen LogP contribution in [0.1, 0.15) is 52.8 Å². The zero-order chi connectivity index (χ0) is 32.1. The highest BCUT2D eigenvalue weighted by Crippen LogP contribution is 2.45. The molecule has 1 aliphatic rings. The molecule has 0 bridgehead atoms. The van der Waals surface area contributed by atoms with Gasteiger partial charge in [0.05, 0.1) is 0 Å². The molecule has 0 spiro atoms. The molecule has 0 saturated heterocycles. The smallest absolute Gasteiger partial charge is 0.271 e. The number of nitrogens with zero attached hydrogens (tertiary/aromatic N) is 1. The highest BCUT2D eigenvalue weighted by atomic mass is 16.5. The van der Waals surface area contributed by atoms with Crippen LogP contribution in [-0.2, 0) is 22.6 Å². The summed E-state index contributed by atoms with van der Waals surface area (Å²) >= 11 is 0. The predicted octanol–water partition coefficient (Wildman–Crippen LogP) is 7.06. The summed E-state index contributed by atoms with van der Waals surface area (Å²) in [5.41, 5.74) is 3.97. The number of nitrogens with one attached hydrogen (secondary N) is 1. The number of carbonyl (C=O) groups is 2. The number of benzene rings is 4. The number of ether oxygens (including phenoxy) is 2. The van der Waals surface area contributed by atoms with Gasteiger partial charge in [-0.05, 0) is 86.2 Å². The number of phenolic OH excluding ortho intramolecular Hbond substituents is 1. The van der Waals surface area contributed by atoms with E-state index in [2.05, 4.69) is 11.9 Å². The van der Waals surface area contributed by atoms with Crippen molar-refractivity contribution in [1.29, 1.82) is 0 Å². The predicted molar refractivity (Wildman–Crippen MR) is 177 cm³/mol. The van der Waals surface area contributed by atoms with Crippen molar-refractivity contribution < 1.29 is 24.2 Å². The quantitative estimate of drug-likeness (QED) is 0.189. The van der Waals surface area contributed by atoms with E-state index >= 15 is 0 Å². The van der Waals surface area contributed by atoms with Gasteiger partial charge in [0.15, 0.2) is 5.60 Å². The van der Waals surface area contributed by atoms with Gasteiger partial charge < -0.3 is 19.9 Å². The summed E-state index contributed by atoms with van der Waals surface area (Å²) < 4.78 is 12.5. The molecule has 4 aromatic carbocycles. The summed E-state index contributed by atoms with van der Waals surface area (Å²) in [6, 6.07) is 25.1. The molecule has 1 heterocycles. The molecule has 0 aromatic heterocycles. The van der Waals surface area contributed by atoms with Crippen molar-refractivity contribution in [3.63, 3.8) is 0 Å². The van der Waals surface area contributed by atoms with E-state index in [0.717, 1.165) is 27.8 Å². The first-order valence-corrected chi connectivity index (χ1v) is 15.2. The maximum Gasteiger partial charge on any atom is 0.271 e. The van der Waals surface area contributed by atoms with Gasteiger partial charge in [-0.15, -0.1) is 0 Å². The molecule has 7 heteroatoms. The second-order valence-corrected chi connectivity index (χ2v) is 11.7. The van der Waals surface area contributed by atoms with Crippen molar-refractivity contribution in [2.24, 2.45) is 0 Å². The number of rotatable bonds is 10. The lowest BCUT2D eigenvalue weighted by atomic mass is 9.85. The first-order valence-electron chi connectivity index (χ1n) is 15.2. The second kappa shape index (κ2) is 13.3. The third kappa shape index (κ3) is 6.43. The van der Waals surface area contributed by atoms with E-state index in [4.69, 9.17) is 9.47 Å². The second-order valence-electron chi connectivity index (χ2n) is 11.7. The third-order valence-electron chi connectivity index (χ3n) is 8.58. The van der Waals surface area contributed by atoms with Crippen LogP contribution in [0.5, 0.6) is 17.2 Å². The normalized spacial score (nSPS) is 16.1. The summed E-state index contributed by atoms with van der Waals surface area (Å²) in [7, 11) is 0. The van der Waals surface area contributed by atoms with Crippen LogP contribution in [0.4, 0.5) is 5.69 Å². The van der Waals surface area contributed by atoms with Gasteiger partial charge in [-0.25, -0.2) is 0 Å². The number of hydrogen-bond donors (Lipinski definition) is 2. The van der Waals surface area contributed by atoms with Gasteiger partial charge in [0, 0.05) is 24.2 Å². The Labute approximate surface area is 265 Å². The third-order valence-corrected chi connectivity index (χ3v) is 8.58. The minimum absolute atomic E-state index is 0.254. The van der Waals surface area contributed by atoms with Crippen molar-refractivity contribution in [3.05, 3.63) is 131 Å². The van der Waals surface area contributed by atoms with Crippen LogP contribution in [0.3, 0.4) is 0 Å². The van der Waals surface area contributed by atoms with Crippen molar-refractivity contribution >= 4 is 17.5 Å². The first kappa shape index (κ1) is 31.4. The Morgan fingerprint density at radius 3 is 2.38 bits per heavy atom. The Morgan fingerprint density at radius 1 is 1.00 bits per heavy atom. The van der Waals surface area contributed by atoms with Gasteiger partial charge in [-0.3, -0.25) is 14.5 Å². The lowest BCUT2D eigenvalue weighted by molar-refractivity contribution is -0.136. The Morgan fingerprint density at radius 2 is 1.69 bits per heavy atom. The summed E-state index contributed by atoms with van der Waals surface area (Å²) in [6.45, 7) is 11.7. The summed E-state index contributed by atoms with van der Waals surface area (Å²) in [4.78, 5) is 30.8. The lowest BCUT2D eigenvalue weighted by Crippen LogP contribution is -2.56. The van der Waals surface area contributed by atoms with Gasteiger partial charge in [0.2, 0.25) is 5.91 Å². The molecule has 0 fully saturated rings. The zero-order valence-electron chi connectivity index (χ0n) is 26.3. The van der Waals surface area contributed by atoms with Crippen molar-refractivity contribution in [2.75, 3.05) is 11.5 Å². The first-order chi connectivity index (χ1) is 21.6. The van der Waals surface area contributed by atoms with E-state index < -0.39 is 11.6 Å². The summed E-state index contributed by atoms with van der Waals surface area (Å²) in [5, 5.41) is 13.8. The number of phenols is 1. The maximum absolute atomic E-state index is 15.0. The average Bonchev–Trinajstić information content (AvgIpc) is 3.07. The highest BCUT2D eigenvalue weighted by Gasteiger charge is 2.47. The van der Waals surface area contributed by atoms with E-state index in [-0.39, 0.29) is 17.6 Å². The maximum atomic E-state index is 15.0. The fourth-order valence-electron chi connectivity index (χ4n) is 5.85. The molecule has 7 nitrogen and oxygen atoms in total. The number of hydrogen-bond acceptors (Lipinski definition) is 5. The molecule has 1 aliphatic heterocycles. The van der Waals surface area contributed by atoms with Gasteiger partial charge in [0.25, 0.3) is 5.91 Å². The van der Waals surface area contributed by atoms with Gasteiger partial charge in [-0.1, -0.05) is 73.3 Å². The van der Waals surface area contributed by atoms with Crippen LogP contribution in [0.25, 0.3) is 0 Å². The van der Waals surface area contributed by atoms with E-state index in [9.17, 15) is 14.7 Å². The number of carbonyl (C=O) groups excluding carboxylic acids is 2. The molecule has 5 rings (SSSR count). The minimum atomic E-state index is -1.29. The largest absolute Gasteiger partial charge is 0.507 e. The van der Waals surface area contributed by atoms with Gasteiger partial charge >= 0.3 is 0 Å². The molecule has 0 radical (unpaired) electrons. The van der Waals surface area contributed by atoms with E-state index in [1.165, 1.54) is 0 Å². The Hall–Kier alpha value is -5.04. The van der Waals surface area contributed by atoms with Crippen molar-refractivity contribution in [3.8, 4) is 17.2 Å². The Bertz CT molecular complexity index is 1700. The van der Waals surface area contributed by atoms with Gasteiger partial charge in [-0.2, -0.15) is 0 Å². The molecule has 2 N–H and O–H groups in total. The van der Waals surface area contributed by atoms with Crippen LogP contribution >= 0.6 is 0 Å². The Balaban J connectivity index is 1.60. The molecule has 4 aromatic rings. The molecule has 2 atom stereocenters. The molecular formula is C38H40N2O5. The van der Waals surface area contributed by atoms with E-state index in [1.54, 1.807) is 24.0 Å². The minimum Gasteiger partial charge on any atom is -0.507 e. The Kier molecular flexibility index (Phi) is 9.28. The van der Waals surface area contributed by atoms with Gasteiger partial charge in [0.1, 0.15) is 29.9 Å². The number of amides is 2. The zero-order valence-corrected chi connectivity index (χ0v) is 26.3. The average molecular weight is 605 g/mol. The summed E-state index contributed by atoms with van der Waals surface area (Å²) in [5.74, 6) is 0.736. The molecule has 0 aliphatic carbocycles. The SMILES string of the molecule is C=CCOc1cccc(C(C(=O)NCc2ccccc2)N(C(=O)C2(C)CCc3c(C)c(O)c(C)c(C)c3O2)c2ccccc2)c1. The fourth-order valence-corrected chi connectivity index (χ4v) is 5.85. The standard InChI is InChI=1S/C38H40N2O5/c1-6-22-44-31-19-13-16-29(23-31)33(36(42)39-24-28-14-9-7-10-15-28)40(30-17-11-8-12-18-30)37(43)38(5)21-20-32-27(4)34(41)25(2)26(3)35(32)45-38/h6-19,23,33,41H,1,20-22,24H2,2-5H3,(H,39,42). The molecule has 232 valence electrons. The van der Waals surface area contributed by atoms with Crippen LogP contribution in [0.15, 0.2) is 97.6 Å². The van der Waals surface area contributed by atoms with Crippen molar-refractivity contribution in [2.45, 2.75) is 58.7 Å². The van der Waals surface area contributed by atoms with Crippen LogP contribution in [0, 0.1) is 20.8 Å². The van der Waals surface area contributed by atoms with Crippen LogP contribution in [0.2, 0.25) is 0 Å². The summed E-state index contributed by atoms with van der Waals surface area (Å²) in [6.07, 6.45) is 2.56. The number of aromatic hydroxyl groups is 1. The van der Waals surface area contributed by atoms with E-state index in [1.807, 2.05) is 99.6 Å².